The molecule has 0 unspecified atom stereocenters. The number of ether oxygens (including phenoxy) is 1. The first-order valence-corrected chi connectivity index (χ1v) is 14.1. The molecule has 1 saturated heterocycles. The summed E-state index contributed by atoms with van der Waals surface area (Å²) in [6.07, 6.45) is 5.43. The molecule has 2 aromatic carbocycles. The summed E-state index contributed by atoms with van der Waals surface area (Å²) in [5.74, 6) is -1.45. The predicted molar refractivity (Wildman–Crippen MR) is 152 cm³/mol. The first-order valence-electron chi connectivity index (χ1n) is 14.1. The van der Waals surface area contributed by atoms with Crippen LogP contribution in [0.25, 0.3) is 11.3 Å². The van der Waals surface area contributed by atoms with Gasteiger partial charge in [0.1, 0.15) is 11.6 Å². The van der Waals surface area contributed by atoms with Gasteiger partial charge >= 0.3 is 6.09 Å². The largest absolute Gasteiger partial charge is 0.453 e. The molecule has 2 amide bonds. The summed E-state index contributed by atoms with van der Waals surface area (Å²) in [6, 6.07) is 12.8. The van der Waals surface area contributed by atoms with E-state index in [0.717, 1.165) is 43.0 Å². The average molecular weight is 567 g/mol. The maximum atomic E-state index is 14.1. The molecule has 9 nitrogen and oxygen atoms in total. The first kappa shape index (κ1) is 28.5. The van der Waals surface area contributed by atoms with Gasteiger partial charge in [-0.05, 0) is 31.4 Å². The second kappa shape index (κ2) is 13.1. The number of alkyl carbamates (subject to hydrolysis) is 1. The Hall–Kier alpha value is -3.99. The third-order valence-corrected chi connectivity index (χ3v) is 7.95. The fraction of sp³-hybridized carbons (Fsp3) is 0.433. The van der Waals surface area contributed by atoms with Crippen LogP contribution in [0.1, 0.15) is 48.6 Å². The number of hydrogen-bond acceptors (Lipinski definition) is 6. The van der Waals surface area contributed by atoms with Crippen LogP contribution < -0.4 is 16.0 Å². The van der Waals surface area contributed by atoms with Crippen molar-refractivity contribution in [2.45, 2.75) is 50.2 Å². The van der Waals surface area contributed by atoms with Crippen molar-refractivity contribution in [1.29, 1.82) is 0 Å². The van der Waals surface area contributed by atoms with Crippen molar-refractivity contribution in [3.63, 3.8) is 0 Å². The number of halogens is 2. The Kier molecular flexibility index (Phi) is 9.13. The molecular formula is C30H36F2N6O3. The molecule has 218 valence electrons. The highest BCUT2D eigenvalue weighted by Crippen LogP contribution is 2.35. The van der Waals surface area contributed by atoms with Gasteiger partial charge < -0.3 is 30.2 Å². The molecule has 0 bridgehead atoms. The van der Waals surface area contributed by atoms with E-state index in [1.165, 1.54) is 19.2 Å². The molecule has 11 heteroatoms. The lowest BCUT2D eigenvalue weighted by Gasteiger charge is -2.36. The van der Waals surface area contributed by atoms with Gasteiger partial charge in [0.15, 0.2) is 5.69 Å². The Balaban J connectivity index is 1.40. The number of aromatic nitrogens is 2. The zero-order chi connectivity index (χ0) is 28.8. The first-order chi connectivity index (χ1) is 20.0. The number of hydrogen-bond donors (Lipinski definition) is 3. The summed E-state index contributed by atoms with van der Waals surface area (Å²) >= 11 is 0. The fourth-order valence-corrected chi connectivity index (χ4v) is 5.90. The molecule has 3 N–H and O–H groups in total. The molecule has 1 aliphatic heterocycles. The van der Waals surface area contributed by atoms with Gasteiger partial charge in [-0.2, -0.15) is 0 Å². The van der Waals surface area contributed by atoms with Gasteiger partial charge in [-0.1, -0.05) is 43.2 Å². The monoisotopic (exact) mass is 566 g/mol. The second-order valence-electron chi connectivity index (χ2n) is 10.5. The maximum Gasteiger partial charge on any atom is 0.407 e. The van der Waals surface area contributed by atoms with E-state index in [4.69, 9.17) is 4.74 Å². The Bertz CT molecular complexity index is 1350. The van der Waals surface area contributed by atoms with Crippen LogP contribution in [0, 0.1) is 11.6 Å². The molecule has 41 heavy (non-hydrogen) atoms. The Morgan fingerprint density at radius 3 is 2.71 bits per heavy atom. The third kappa shape index (κ3) is 6.51. The molecule has 1 saturated carbocycles. The lowest BCUT2D eigenvalue weighted by molar-refractivity contribution is 0.0624. The maximum absolute atomic E-state index is 14.1. The Morgan fingerprint density at radius 1 is 1.12 bits per heavy atom. The number of carbonyl (C=O) groups excluding carboxylic acids is 2. The Labute approximate surface area is 238 Å². The lowest BCUT2D eigenvalue weighted by Crippen LogP contribution is -2.54. The van der Waals surface area contributed by atoms with Gasteiger partial charge in [-0.25, -0.2) is 18.6 Å². The highest BCUT2D eigenvalue weighted by Gasteiger charge is 2.35. The molecule has 2 fully saturated rings. The van der Waals surface area contributed by atoms with E-state index in [0.29, 0.717) is 38.3 Å². The van der Waals surface area contributed by atoms with E-state index >= 15 is 0 Å². The van der Waals surface area contributed by atoms with Crippen molar-refractivity contribution in [2.24, 2.45) is 0 Å². The topological polar surface area (TPSA) is 101 Å². The summed E-state index contributed by atoms with van der Waals surface area (Å²) in [4.78, 5) is 32.8. The second-order valence-corrected chi connectivity index (χ2v) is 10.5. The molecule has 1 aromatic heterocycles. The Morgan fingerprint density at radius 2 is 1.93 bits per heavy atom. The highest BCUT2D eigenvalue weighted by atomic mass is 19.1. The summed E-state index contributed by atoms with van der Waals surface area (Å²) in [6.45, 7) is 2.15. The summed E-state index contributed by atoms with van der Waals surface area (Å²) in [7, 11) is 1.35. The van der Waals surface area contributed by atoms with Gasteiger partial charge in [-0.3, -0.25) is 4.79 Å². The van der Waals surface area contributed by atoms with Crippen LogP contribution in [-0.4, -0.2) is 71.8 Å². The SMILES string of the molecule is COC(=O)N[C@H]1CCCC[C@@H]1n1cnc(C(=O)N2CCNC[C@H]2CCNc2ccc(F)cc2F)c1-c1ccccc1. The van der Waals surface area contributed by atoms with E-state index in [9.17, 15) is 18.4 Å². The molecule has 3 aromatic rings. The summed E-state index contributed by atoms with van der Waals surface area (Å²) < 4.78 is 34.3. The molecule has 2 heterocycles. The van der Waals surface area contributed by atoms with Crippen LogP contribution in [0.5, 0.6) is 0 Å². The molecule has 5 rings (SSSR count). The standard InChI is InChI=1S/C30H36F2N6O3/c1-41-30(40)36-25-9-5-6-10-26(25)38-19-35-27(28(38)20-7-3-2-4-8-20)29(39)37-16-15-33-18-22(37)13-14-34-24-12-11-21(31)17-23(24)32/h2-4,7-8,11-12,17,19,22,25-26,33-34H,5-6,9-10,13-16,18H2,1H3,(H,36,40)/t22-,25+,26+/m1/s1. The number of nitrogens with zero attached hydrogens (tertiary/aromatic N) is 3. The van der Waals surface area contributed by atoms with Crippen molar-refractivity contribution in [2.75, 3.05) is 38.6 Å². The third-order valence-electron chi connectivity index (χ3n) is 7.95. The van der Waals surface area contributed by atoms with E-state index < -0.39 is 17.7 Å². The van der Waals surface area contributed by atoms with E-state index in [2.05, 4.69) is 20.9 Å². The number of rotatable bonds is 8. The molecule has 3 atom stereocenters. The van der Waals surface area contributed by atoms with E-state index in [1.807, 2.05) is 39.8 Å². The van der Waals surface area contributed by atoms with Crippen LogP contribution in [-0.2, 0) is 4.74 Å². The number of imidazole rings is 1. The lowest BCUT2D eigenvalue weighted by atomic mass is 9.89. The minimum Gasteiger partial charge on any atom is -0.453 e. The van der Waals surface area contributed by atoms with Crippen LogP contribution in [0.2, 0.25) is 0 Å². The van der Waals surface area contributed by atoms with Crippen LogP contribution >= 0.6 is 0 Å². The quantitative estimate of drug-likeness (QED) is 0.369. The normalized spacial score (nSPS) is 20.9. The highest BCUT2D eigenvalue weighted by molar-refractivity contribution is 5.98. The number of carbonyl (C=O) groups is 2. The molecule has 0 spiro atoms. The van der Waals surface area contributed by atoms with Gasteiger partial charge in [0.05, 0.1) is 36.9 Å². The number of methoxy groups -OCH3 is 1. The van der Waals surface area contributed by atoms with Gasteiger partial charge in [-0.15, -0.1) is 0 Å². The number of nitrogens with one attached hydrogen (secondary N) is 3. The molecule has 1 aliphatic carbocycles. The van der Waals surface area contributed by atoms with Gasteiger partial charge in [0.2, 0.25) is 0 Å². The van der Waals surface area contributed by atoms with E-state index in [1.54, 1.807) is 6.33 Å². The zero-order valence-electron chi connectivity index (χ0n) is 23.1. The average Bonchev–Trinajstić information content (AvgIpc) is 3.44. The number of amides is 2. The predicted octanol–water partition coefficient (Wildman–Crippen LogP) is 4.58. The molecule has 2 aliphatic rings. The van der Waals surface area contributed by atoms with Crippen molar-refractivity contribution >= 4 is 17.7 Å². The minimum absolute atomic E-state index is 0.0827. The van der Waals surface area contributed by atoms with Crippen molar-refractivity contribution < 1.29 is 23.1 Å². The number of anilines is 1. The molecule has 0 radical (unpaired) electrons. The summed E-state index contributed by atoms with van der Waals surface area (Å²) in [5, 5.41) is 9.35. The molecular weight excluding hydrogens is 530 g/mol. The summed E-state index contributed by atoms with van der Waals surface area (Å²) in [5.41, 5.74) is 2.18. The zero-order valence-corrected chi connectivity index (χ0v) is 23.1. The van der Waals surface area contributed by atoms with Crippen molar-refractivity contribution in [1.82, 2.24) is 25.1 Å². The number of piperazine rings is 1. The fourth-order valence-electron chi connectivity index (χ4n) is 5.90. The number of benzene rings is 2. The van der Waals surface area contributed by atoms with Crippen LogP contribution in [0.3, 0.4) is 0 Å². The van der Waals surface area contributed by atoms with Crippen molar-refractivity contribution in [3.05, 3.63) is 72.2 Å². The minimum atomic E-state index is -0.652. The van der Waals surface area contributed by atoms with Gasteiger partial charge in [0.25, 0.3) is 5.91 Å². The van der Waals surface area contributed by atoms with Crippen LogP contribution in [0.4, 0.5) is 19.3 Å². The van der Waals surface area contributed by atoms with Gasteiger partial charge in [0, 0.05) is 43.9 Å². The van der Waals surface area contributed by atoms with Crippen LogP contribution in [0.15, 0.2) is 54.9 Å². The van der Waals surface area contributed by atoms with Crippen molar-refractivity contribution in [3.8, 4) is 11.3 Å². The van der Waals surface area contributed by atoms with E-state index in [-0.39, 0.29) is 29.7 Å². The smallest absolute Gasteiger partial charge is 0.407 e.